The van der Waals surface area contributed by atoms with Crippen LogP contribution in [0.3, 0.4) is 0 Å². The van der Waals surface area contributed by atoms with Gasteiger partial charge in [-0.3, -0.25) is 9.59 Å². The van der Waals surface area contributed by atoms with Gasteiger partial charge >= 0.3 is 5.97 Å². The Bertz CT molecular complexity index is 583. The van der Waals surface area contributed by atoms with Gasteiger partial charge in [-0.25, -0.2) is 4.79 Å². The Labute approximate surface area is 121 Å². The number of benzene rings is 1. The Morgan fingerprint density at radius 3 is 2.38 bits per heavy atom. The Kier molecular flexibility index (Phi) is 3.25. The summed E-state index contributed by atoms with van der Waals surface area (Å²) in [5, 5.41) is 0.534. The lowest BCUT2D eigenvalue weighted by Crippen LogP contribution is -2.44. The fourth-order valence-electron chi connectivity index (χ4n) is 2.70. The van der Waals surface area contributed by atoms with E-state index in [0.717, 1.165) is 6.42 Å². The number of carbonyl (C=O) groups is 3. The quantitative estimate of drug-likeness (QED) is 0.792. The van der Waals surface area contributed by atoms with E-state index in [2.05, 4.69) is 0 Å². The van der Waals surface area contributed by atoms with Crippen LogP contribution < -0.4 is 0 Å². The first-order valence-corrected chi connectivity index (χ1v) is 6.93. The SMILES string of the molecule is CCC1(C(=O)ON2C(=O)c3ccccc3C2=O)CCCO1. The molecule has 1 fully saturated rings. The van der Waals surface area contributed by atoms with E-state index >= 15 is 0 Å². The van der Waals surface area contributed by atoms with E-state index in [-0.39, 0.29) is 11.1 Å². The molecule has 0 bridgehead atoms. The van der Waals surface area contributed by atoms with Gasteiger partial charge in [-0.05, 0) is 31.4 Å². The summed E-state index contributed by atoms with van der Waals surface area (Å²) < 4.78 is 5.49. The van der Waals surface area contributed by atoms with Crippen molar-refractivity contribution in [2.24, 2.45) is 0 Å². The van der Waals surface area contributed by atoms with Gasteiger partial charge in [-0.1, -0.05) is 24.1 Å². The third-order valence-electron chi connectivity index (χ3n) is 3.98. The molecule has 6 nitrogen and oxygen atoms in total. The van der Waals surface area contributed by atoms with E-state index in [0.29, 0.717) is 24.5 Å². The smallest absolute Gasteiger partial charge is 0.363 e. The molecule has 1 unspecified atom stereocenters. The maximum absolute atomic E-state index is 12.3. The molecular weight excluding hydrogens is 274 g/mol. The highest BCUT2D eigenvalue weighted by atomic mass is 16.7. The van der Waals surface area contributed by atoms with Crippen molar-refractivity contribution >= 4 is 17.8 Å². The van der Waals surface area contributed by atoms with Crippen LogP contribution in [0.1, 0.15) is 46.9 Å². The number of rotatable bonds is 3. The molecule has 1 aromatic rings. The first-order valence-electron chi connectivity index (χ1n) is 6.93. The zero-order valence-corrected chi connectivity index (χ0v) is 11.6. The van der Waals surface area contributed by atoms with Crippen molar-refractivity contribution in [1.82, 2.24) is 5.06 Å². The summed E-state index contributed by atoms with van der Waals surface area (Å²) in [6.45, 7) is 2.29. The molecule has 0 N–H and O–H groups in total. The van der Waals surface area contributed by atoms with Crippen LogP contribution in [-0.4, -0.2) is 35.1 Å². The number of nitrogens with zero attached hydrogens (tertiary/aromatic N) is 1. The van der Waals surface area contributed by atoms with Gasteiger partial charge < -0.3 is 9.57 Å². The van der Waals surface area contributed by atoms with Crippen molar-refractivity contribution in [1.29, 1.82) is 0 Å². The molecule has 1 atom stereocenters. The molecular formula is C15H15NO5. The van der Waals surface area contributed by atoms with Crippen LogP contribution in [0.15, 0.2) is 24.3 Å². The largest absolute Gasteiger partial charge is 0.364 e. The summed E-state index contributed by atoms with van der Waals surface area (Å²) in [4.78, 5) is 41.6. The molecule has 0 aliphatic carbocycles. The first kappa shape index (κ1) is 13.8. The monoisotopic (exact) mass is 289 g/mol. The van der Waals surface area contributed by atoms with E-state index in [1.54, 1.807) is 12.1 Å². The van der Waals surface area contributed by atoms with Gasteiger partial charge in [0.1, 0.15) is 0 Å². The van der Waals surface area contributed by atoms with E-state index in [4.69, 9.17) is 9.57 Å². The normalized spacial score (nSPS) is 24.3. The zero-order chi connectivity index (χ0) is 15.0. The van der Waals surface area contributed by atoms with E-state index < -0.39 is 23.4 Å². The number of hydroxylamine groups is 2. The minimum Gasteiger partial charge on any atom is -0.363 e. The van der Waals surface area contributed by atoms with Crippen molar-refractivity contribution in [3.63, 3.8) is 0 Å². The van der Waals surface area contributed by atoms with Gasteiger partial charge in [0.2, 0.25) is 0 Å². The molecule has 1 aromatic carbocycles. The second-order valence-corrected chi connectivity index (χ2v) is 5.13. The lowest BCUT2D eigenvalue weighted by molar-refractivity contribution is -0.191. The second-order valence-electron chi connectivity index (χ2n) is 5.13. The van der Waals surface area contributed by atoms with E-state index in [1.807, 2.05) is 6.92 Å². The predicted octanol–water partition coefficient (Wildman–Crippen LogP) is 1.70. The second kappa shape index (κ2) is 4.96. The van der Waals surface area contributed by atoms with Crippen LogP contribution in [-0.2, 0) is 14.4 Å². The molecule has 0 aromatic heterocycles. The Balaban J connectivity index is 1.82. The minimum absolute atomic E-state index is 0.244. The van der Waals surface area contributed by atoms with Gasteiger partial charge in [0.15, 0.2) is 5.60 Å². The molecule has 2 aliphatic rings. The third kappa shape index (κ3) is 2.03. The molecule has 6 heteroatoms. The van der Waals surface area contributed by atoms with Gasteiger partial charge in [-0.15, -0.1) is 0 Å². The third-order valence-corrected chi connectivity index (χ3v) is 3.98. The van der Waals surface area contributed by atoms with Crippen molar-refractivity contribution in [3.8, 4) is 0 Å². The Morgan fingerprint density at radius 2 is 1.90 bits per heavy atom. The van der Waals surface area contributed by atoms with Gasteiger partial charge in [0, 0.05) is 6.61 Å². The fourth-order valence-corrected chi connectivity index (χ4v) is 2.70. The Hall–Kier alpha value is -2.21. The average Bonchev–Trinajstić information content (AvgIpc) is 3.08. The zero-order valence-electron chi connectivity index (χ0n) is 11.6. The molecule has 21 heavy (non-hydrogen) atoms. The van der Waals surface area contributed by atoms with Crippen molar-refractivity contribution < 1.29 is 24.0 Å². The molecule has 0 saturated carbocycles. The molecule has 2 aliphatic heterocycles. The number of hydrogen-bond acceptors (Lipinski definition) is 5. The summed E-state index contributed by atoms with van der Waals surface area (Å²) in [5.74, 6) is -1.92. The summed E-state index contributed by atoms with van der Waals surface area (Å²) in [5.41, 5.74) is -0.559. The van der Waals surface area contributed by atoms with Crippen LogP contribution in [0.25, 0.3) is 0 Å². The molecule has 0 radical (unpaired) electrons. The maximum atomic E-state index is 12.3. The summed E-state index contributed by atoms with van der Waals surface area (Å²) in [6.07, 6.45) is 1.73. The summed E-state index contributed by atoms with van der Waals surface area (Å²) in [6, 6.07) is 6.38. The van der Waals surface area contributed by atoms with E-state index in [9.17, 15) is 14.4 Å². The van der Waals surface area contributed by atoms with Gasteiger partial charge in [0.25, 0.3) is 11.8 Å². The first-order chi connectivity index (χ1) is 10.1. The summed E-state index contributed by atoms with van der Waals surface area (Å²) in [7, 11) is 0. The number of hydrogen-bond donors (Lipinski definition) is 0. The van der Waals surface area contributed by atoms with Gasteiger partial charge in [0.05, 0.1) is 11.1 Å². The predicted molar refractivity (Wildman–Crippen MR) is 71.2 cm³/mol. The van der Waals surface area contributed by atoms with E-state index in [1.165, 1.54) is 12.1 Å². The molecule has 110 valence electrons. The minimum atomic E-state index is -1.05. The van der Waals surface area contributed by atoms with Crippen LogP contribution in [0.4, 0.5) is 0 Å². The number of imide groups is 1. The van der Waals surface area contributed by atoms with Crippen LogP contribution >= 0.6 is 0 Å². The molecule has 3 rings (SSSR count). The summed E-state index contributed by atoms with van der Waals surface area (Å²) >= 11 is 0. The topological polar surface area (TPSA) is 72.9 Å². The number of carbonyl (C=O) groups excluding carboxylic acids is 3. The highest BCUT2D eigenvalue weighted by Gasteiger charge is 2.47. The number of amides is 2. The molecule has 2 heterocycles. The lowest BCUT2D eigenvalue weighted by Gasteiger charge is -2.25. The maximum Gasteiger partial charge on any atom is 0.364 e. The Morgan fingerprint density at radius 1 is 1.29 bits per heavy atom. The van der Waals surface area contributed by atoms with Crippen molar-refractivity contribution in [2.75, 3.05) is 6.61 Å². The molecule has 1 saturated heterocycles. The van der Waals surface area contributed by atoms with Crippen LogP contribution in [0.2, 0.25) is 0 Å². The standard InChI is InChI=1S/C15H15NO5/c1-2-15(8-5-9-20-15)14(19)21-16-12(17)10-6-3-4-7-11(10)13(16)18/h3-4,6-7H,2,5,8-9H2,1H3. The lowest BCUT2D eigenvalue weighted by atomic mass is 9.97. The van der Waals surface area contributed by atoms with Gasteiger partial charge in [-0.2, -0.15) is 0 Å². The number of fused-ring (bicyclic) bond motifs is 1. The average molecular weight is 289 g/mol. The van der Waals surface area contributed by atoms with Crippen LogP contribution in [0, 0.1) is 0 Å². The fraction of sp³-hybridized carbons (Fsp3) is 0.400. The highest BCUT2D eigenvalue weighted by Crippen LogP contribution is 2.32. The number of ether oxygens (including phenoxy) is 1. The van der Waals surface area contributed by atoms with Crippen molar-refractivity contribution in [2.45, 2.75) is 31.8 Å². The van der Waals surface area contributed by atoms with Crippen LogP contribution in [0.5, 0.6) is 0 Å². The molecule has 2 amide bonds. The van der Waals surface area contributed by atoms with Crippen molar-refractivity contribution in [3.05, 3.63) is 35.4 Å². The highest BCUT2D eigenvalue weighted by molar-refractivity contribution is 6.20. The molecule has 0 spiro atoms.